The molecule has 1 aromatic heterocycles. The first-order valence-corrected chi connectivity index (χ1v) is 7.52. The van der Waals surface area contributed by atoms with Gasteiger partial charge < -0.3 is 19.3 Å². The van der Waals surface area contributed by atoms with Crippen molar-refractivity contribution in [1.82, 2.24) is 9.47 Å². The summed E-state index contributed by atoms with van der Waals surface area (Å²) in [5, 5.41) is 9.15. The van der Waals surface area contributed by atoms with E-state index in [9.17, 15) is 23.2 Å². The van der Waals surface area contributed by atoms with Crippen molar-refractivity contribution in [3.63, 3.8) is 0 Å². The Morgan fingerprint density at radius 2 is 2.00 bits per heavy atom. The molecule has 2 aliphatic heterocycles. The third-order valence-electron chi connectivity index (χ3n) is 5.30. The van der Waals surface area contributed by atoms with E-state index in [2.05, 4.69) is 0 Å². The van der Waals surface area contributed by atoms with Crippen LogP contribution >= 0.6 is 0 Å². The molecule has 0 aromatic carbocycles. The number of alkyl halides is 2. The zero-order valence-corrected chi connectivity index (χ0v) is 12.6. The highest BCUT2D eigenvalue weighted by molar-refractivity contribution is 5.98. The Hall–Kier alpha value is -2.45. The van der Waals surface area contributed by atoms with E-state index in [4.69, 9.17) is 9.84 Å². The Bertz CT molecular complexity index is 823. The largest absolute Gasteiger partial charge is 0.491 e. The number of pyridine rings is 1. The number of nitrogens with zero attached hydrogens (tertiary/aromatic N) is 2. The number of piperidine rings is 1. The maximum absolute atomic E-state index is 14.0. The minimum Gasteiger partial charge on any atom is -0.491 e. The van der Waals surface area contributed by atoms with Crippen LogP contribution in [0.25, 0.3) is 0 Å². The van der Waals surface area contributed by atoms with Gasteiger partial charge in [0, 0.05) is 18.7 Å². The molecule has 4 rings (SSSR count). The predicted molar refractivity (Wildman–Crippen MR) is 75.9 cm³/mol. The van der Waals surface area contributed by atoms with Crippen LogP contribution in [-0.4, -0.2) is 58.0 Å². The van der Waals surface area contributed by atoms with Gasteiger partial charge >= 0.3 is 5.97 Å². The smallest absolute Gasteiger partial charge is 0.341 e. The molecule has 9 heteroatoms. The van der Waals surface area contributed by atoms with Crippen LogP contribution in [0.4, 0.5) is 8.78 Å². The monoisotopic (exact) mass is 340 g/mol. The van der Waals surface area contributed by atoms with Gasteiger partial charge in [-0.15, -0.1) is 0 Å². The number of carboxylic acids is 1. The lowest BCUT2D eigenvalue weighted by atomic mass is 9.93. The molecule has 1 aliphatic carbocycles. The number of aromatic carboxylic acids is 1. The molecule has 1 N–H and O–H groups in total. The van der Waals surface area contributed by atoms with Gasteiger partial charge in [-0.1, -0.05) is 0 Å². The summed E-state index contributed by atoms with van der Waals surface area (Å²) >= 11 is 0. The first kappa shape index (κ1) is 15.1. The van der Waals surface area contributed by atoms with E-state index in [1.807, 2.05) is 0 Å². The fraction of sp³-hybridized carbons (Fsp3) is 0.533. The van der Waals surface area contributed by atoms with Crippen LogP contribution in [0, 0.1) is 5.92 Å². The second-order valence-electron chi connectivity index (χ2n) is 6.35. The van der Waals surface area contributed by atoms with Crippen molar-refractivity contribution in [3.8, 4) is 5.75 Å². The molecule has 1 amide bonds. The van der Waals surface area contributed by atoms with Crippen molar-refractivity contribution in [2.45, 2.75) is 37.4 Å². The highest BCUT2D eigenvalue weighted by Gasteiger charge is 2.61. The Morgan fingerprint density at radius 1 is 1.29 bits per heavy atom. The molecule has 3 aliphatic rings. The number of ether oxygens (including phenoxy) is 1. The topological polar surface area (TPSA) is 88.8 Å². The summed E-state index contributed by atoms with van der Waals surface area (Å²) in [6, 6.07) is -1.40. The number of hydrogen-bond acceptors (Lipinski definition) is 4. The lowest BCUT2D eigenvalue weighted by molar-refractivity contribution is 0.00138. The van der Waals surface area contributed by atoms with Gasteiger partial charge in [0.2, 0.25) is 5.43 Å². The number of halogens is 2. The van der Waals surface area contributed by atoms with Crippen molar-refractivity contribution in [3.05, 3.63) is 27.7 Å². The van der Waals surface area contributed by atoms with Gasteiger partial charge in [0.05, 0.1) is 19.2 Å². The molecule has 3 heterocycles. The first-order chi connectivity index (χ1) is 11.4. The van der Waals surface area contributed by atoms with Crippen LogP contribution in [0.5, 0.6) is 5.75 Å². The number of fused-ring (bicyclic) bond motifs is 6. The summed E-state index contributed by atoms with van der Waals surface area (Å²) in [5.41, 5.74) is -1.55. The van der Waals surface area contributed by atoms with E-state index in [1.165, 1.54) is 9.47 Å². The summed E-state index contributed by atoms with van der Waals surface area (Å²) < 4.78 is 34.3. The molecule has 5 atom stereocenters. The minimum absolute atomic E-state index is 0.103. The Balaban J connectivity index is 1.89. The number of rotatable bonds is 2. The fourth-order valence-electron chi connectivity index (χ4n) is 4.27. The van der Waals surface area contributed by atoms with Gasteiger partial charge in [0.15, 0.2) is 17.6 Å². The molecule has 2 bridgehead atoms. The molecule has 2 unspecified atom stereocenters. The van der Waals surface area contributed by atoms with Gasteiger partial charge in [-0.05, 0) is 6.42 Å². The predicted octanol–water partition coefficient (Wildman–Crippen LogP) is 0.458. The molecule has 1 saturated heterocycles. The maximum Gasteiger partial charge on any atom is 0.341 e. The zero-order valence-electron chi connectivity index (χ0n) is 12.6. The van der Waals surface area contributed by atoms with E-state index in [0.29, 0.717) is 0 Å². The fourth-order valence-corrected chi connectivity index (χ4v) is 4.27. The lowest BCUT2D eigenvalue weighted by Crippen LogP contribution is -2.58. The number of carbonyl (C=O) groups excluding carboxylic acids is 1. The Kier molecular flexibility index (Phi) is 3.01. The summed E-state index contributed by atoms with van der Waals surface area (Å²) in [4.78, 5) is 37.5. The SMILES string of the molecule is COc1c2n(cc(C(=O)O)c1=O)C[C@H]1[C@H]3C[C@H](C(F)C3F)N1C2=O. The third-order valence-corrected chi connectivity index (χ3v) is 5.30. The second-order valence-corrected chi connectivity index (χ2v) is 6.35. The number of aromatic nitrogens is 1. The van der Waals surface area contributed by atoms with Crippen LogP contribution in [0.1, 0.15) is 27.3 Å². The number of carbonyl (C=O) groups is 2. The first-order valence-electron chi connectivity index (χ1n) is 7.52. The summed E-state index contributed by atoms with van der Waals surface area (Å²) in [6.07, 6.45) is -2.07. The Morgan fingerprint density at radius 3 is 2.62 bits per heavy atom. The number of hydrogen-bond donors (Lipinski definition) is 1. The number of carboxylic acid groups (broad SMARTS) is 1. The van der Waals surface area contributed by atoms with Gasteiger partial charge in [-0.3, -0.25) is 9.59 Å². The quantitative estimate of drug-likeness (QED) is 0.845. The maximum atomic E-state index is 14.0. The van der Waals surface area contributed by atoms with Crippen LogP contribution in [0.15, 0.2) is 11.0 Å². The normalized spacial score (nSPS) is 33.4. The van der Waals surface area contributed by atoms with Crippen molar-refractivity contribution in [2.75, 3.05) is 7.11 Å². The lowest BCUT2D eigenvalue weighted by Gasteiger charge is -2.42. The minimum atomic E-state index is -1.74. The molecule has 1 saturated carbocycles. The zero-order chi connectivity index (χ0) is 17.3. The highest BCUT2D eigenvalue weighted by Crippen LogP contribution is 2.48. The number of amides is 1. The van der Waals surface area contributed by atoms with Crippen LogP contribution < -0.4 is 10.2 Å². The third kappa shape index (κ3) is 1.67. The van der Waals surface area contributed by atoms with E-state index < -0.39 is 53.2 Å². The molecule has 7 nitrogen and oxygen atoms in total. The standard InChI is InChI=1S/C15H14F2N2O5/c1-24-13-11-14(21)19-7-2-5(9(16)10(7)17)8(19)4-18(11)3-6(12(13)20)15(22)23/h3,5,7-10H,2,4H2,1H3,(H,22,23)/t5-,7-,8+,9?,10?/m1/s1. The van der Waals surface area contributed by atoms with Crippen LogP contribution in [0.3, 0.4) is 0 Å². The highest BCUT2D eigenvalue weighted by atomic mass is 19.2. The van der Waals surface area contributed by atoms with Crippen molar-refractivity contribution in [1.29, 1.82) is 0 Å². The molecular weight excluding hydrogens is 326 g/mol. The molecule has 0 radical (unpaired) electrons. The molecule has 2 fully saturated rings. The average molecular weight is 340 g/mol. The second kappa shape index (κ2) is 4.78. The van der Waals surface area contributed by atoms with Gasteiger partial charge in [-0.25, -0.2) is 13.6 Å². The molecule has 0 spiro atoms. The van der Waals surface area contributed by atoms with Crippen LogP contribution in [-0.2, 0) is 6.54 Å². The molecule has 128 valence electrons. The van der Waals surface area contributed by atoms with Crippen LogP contribution in [0.2, 0.25) is 0 Å². The van der Waals surface area contributed by atoms with E-state index in [-0.39, 0.29) is 24.4 Å². The summed E-state index contributed by atoms with van der Waals surface area (Å²) in [6.45, 7) is 0.103. The summed E-state index contributed by atoms with van der Waals surface area (Å²) in [7, 11) is 1.16. The van der Waals surface area contributed by atoms with Crippen molar-refractivity contribution >= 4 is 11.9 Å². The van der Waals surface area contributed by atoms with Gasteiger partial charge in [0.1, 0.15) is 11.7 Å². The Labute approximate surface area is 134 Å². The van der Waals surface area contributed by atoms with E-state index >= 15 is 0 Å². The number of methoxy groups -OCH3 is 1. The molecule has 1 aromatic rings. The van der Waals surface area contributed by atoms with Crippen molar-refractivity contribution in [2.24, 2.45) is 5.92 Å². The van der Waals surface area contributed by atoms with E-state index in [1.54, 1.807) is 0 Å². The molecular formula is C15H14F2N2O5. The van der Waals surface area contributed by atoms with Gasteiger partial charge in [-0.2, -0.15) is 0 Å². The summed E-state index contributed by atoms with van der Waals surface area (Å²) in [5.74, 6) is -3.07. The molecule has 24 heavy (non-hydrogen) atoms. The van der Waals surface area contributed by atoms with E-state index in [0.717, 1.165) is 13.3 Å². The van der Waals surface area contributed by atoms with Crippen molar-refractivity contribution < 1.29 is 28.2 Å². The average Bonchev–Trinajstić information content (AvgIpc) is 3.05. The van der Waals surface area contributed by atoms with Gasteiger partial charge in [0.25, 0.3) is 5.91 Å².